The minimum Gasteiger partial charge on any atom is -0.367 e. The van der Waals surface area contributed by atoms with Crippen LogP contribution in [0.3, 0.4) is 0 Å². The van der Waals surface area contributed by atoms with Crippen LogP contribution in [0, 0.1) is 10.1 Å². The molecule has 2 aromatic rings. The molecule has 9 nitrogen and oxygen atoms in total. The molecule has 0 aliphatic carbocycles. The number of pyridine rings is 1. The summed E-state index contributed by atoms with van der Waals surface area (Å²) in [6, 6.07) is 7.75. The molecule has 0 N–H and O–H groups in total. The van der Waals surface area contributed by atoms with Gasteiger partial charge in [-0.15, -0.1) is 0 Å². The quantitative estimate of drug-likeness (QED) is 0.509. The minimum absolute atomic E-state index is 0.0108. The highest BCUT2D eigenvalue weighted by Gasteiger charge is 2.33. The van der Waals surface area contributed by atoms with Crippen LogP contribution in [-0.2, 0) is 10.0 Å². The summed E-state index contributed by atoms with van der Waals surface area (Å²) in [6.45, 7) is 3.33. The van der Waals surface area contributed by atoms with E-state index in [1.54, 1.807) is 18.3 Å². The number of halogens is 1. The molecule has 0 spiro atoms. The first-order valence-electron chi connectivity index (χ1n) is 9.76. The lowest BCUT2D eigenvalue weighted by Gasteiger charge is -2.37. The minimum atomic E-state index is -3.80. The van der Waals surface area contributed by atoms with Gasteiger partial charge in [0.25, 0.3) is 5.69 Å². The number of non-ortho nitro benzene ring substituents is 1. The van der Waals surface area contributed by atoms with E-state index in [4.69, 9.17) is 11.6 Å². The van der Waals surface area contributed by atoms with Crippen LogP contribution in [0.2, 0.25) is 5.02 Å². The third kappa shape index (κ3) is 4.07. The monoisotopic (exact) mass is 451 g/mol. The van der Waals surface area contributed by atoms with Crippen molar-refractivity contribution in [3.63, 3.8) is 0 Å². The maximum atomic E-state index is 13.2. The van der Waals surface area contributed by atoms with Gasteiger partial charge in [0, 0.05) is 57.6 Å². The van der Waals surface area contributed by atoms with Gasteiger partial charge in [-0.25, -0.2) is 13.4 Å². The molecule has 2 fully saturated rings. The highest BCUT2D eigenvalue weighted by Crippen LogP contribution is 2.33. The topological polar surface area (TPSA) is 99.9 Å². The molecule has 2 saturated heterocycles. The zero-order valence-corrected chi connectivity index (χ0v) is 17.8. The third-order valence-electron chi connectivity index (χ3n) is 5.49. The molecule has 4 rings (SSSR count). The molecule has 1 aromatic carbocycles. The van der Waals surface area contributed by atoms with Gasteiger partial charge in [0.15, 0.2) is 0 Å². The molecule has 0 unspecified atom stereocenters. The number of anilines is 2. The number of benzene rings is 1. The fourth-order valence-corrected chi connectivity index (χ4v) is 5.74. The second-order valence-corrected chi connectivity index (χ2v) is 9.67. The van der Waals surface area contributed by atoms with Crippen molar-refractivity contribution in [2.24, 2.45) is 0 Å². The Morgan fingerprint density at radius 2 is 1.63 bits per heavy atom. The Morgan fingerprint density at radius 1 is 0.967 bits per heavy atom. The van der Waals surface area contributed by atoms with Crippen LogP contribution in [0.5, 0.6) is 0 Å². The van der Waals surface area contributed by atoms with E-state index in [0.717, 1.165) is 18.7 Å². The first-order valence-corrected chi connectivity index (χ1v) is 11.6. The molecule has 11 heteroatoms. The Balaban J connectivity index is 1.61. The number of rotatable bonds is 5. The van der Waals surface area contributed by atoms with Crippen molar-refractivity contribution in [3.8, 4) is 0 Å². The van der Waals surface area contributed by atoms with Crippen LogP contribution in [0.15, 0.2) is 41.4 Å². The van der Waals surface area contributed by atoms with Gasteiger partial charge in [-0.2, -0.15) is 4.31 Å². The maximum Gasteiger partial charge on any atom is 0.270 e. The van der Waals surface area contributed by atoms with Crippen LogP contribution in [0.25, 0.3) is 0 Å². The van der Waals surface area contributed by atoms with Crippen LogP contribution in [-0.4, -0.2) is 61.9 Å². The number of nitro benzene ring substituents is 1. The molecule has 3 heterocycles. The maximum absolute atomic E-state index is 13.2. The summed E-state index contributed by atoms with van der Waals surface area (Å²) in [5.41, 5.74) is 0.289. The number of piperazine rings is 1. The zero-order chi connectivity index (χ0) is 21.3. The first-order chi connectivity index (χ1) is 14.4. The fraction of sp³-hybridized carbons (Fsp3) is 0.421. The van der Waals surface area contributed by atoms with E-state index >= 15 is 0 Å². The number of hydrogen-bond donors (Lipinski definition) is 0. The average molecular weight is 452 g/mol. The van der Waals surface area contributed by atoms with E-state index in [0.29, 0.717) is 50.0 Å². The summed E-state index contributed by atoms with van der Waals surface area (Å²) in [5, 5.41) is 11.8. The van der Waals surface area contributed by atoms with E-state index in [1.807, 2.05) is 11.0 Å². The van der Waals surface area contributed by atoms with Crippen LogP contribution < -0.4 is 9.80 Å². The summed E-state index contributed by atoms with van der Waals surface area (Å²) in [4.78, 5) is 19.1. The SMILES string of the molecule is O=[N+]([O-])c1ccc(N2CCN(c3ccc(Cl)cn3)CC2)c(S(=O)(=O)N2CCCC2)c1. The molecule has 30 heavy (non-hydrogen) atoms. The van der Waals surface area contributed by atoms with Gasteiger partial charge in [-0.1, -0.05) is 11.6 Å². The van der Waals surface area contributed by atoms with Crippen molar-refractivity contribution in [1.29, 1.82) is 0 Å². The molecule has 1 aromatic heterocycles. The lowest BCUT2D eigenvalue weighted by molar-refractivity contribution is -0.385. The predicted octanol–water partition coefficient (Wildman–Crippen LogP) is 2.75. The molecule has 0 atom stereocenters. The molecule has 0 amide bonds. The van der Waals surface area contributed by atoms with Crippen LogP contribution in [0.1, 0.15) is 12.8 Å². The normalized spacial score (nSPS) is 18.0. The third-order valence-corrected chi connectivity index (χ3v) is 7.64. The highest BCUT2D eigenvalue weighted by molar-refractivity contribution is 7.89. The van der Waals surface area contributed by atoms with Crippen LogP contribution >= 0.6 is 11.6 Å². The van der Waals surface area contributed by atoms with Gasteiger partial charge in [0.05, 0.1) is 15.6 Å². The Bertz CT molecular complexity index is 1030. The van der Waals surface area contributed by atoms with Gasteiger partial charge >= 0.3 is 0 Å². The fourth-order valence-electron chi connectivity index (χ4n) is 3.88. The van der Waals surface area contributed by atoms with Crippen molar-refractivity contribution in [2.75, 3.05) is 49.1 Å². The molecular formula is C19H22ClN5O4S. The smallest absolute Gasteiger partial charge is 0.270 e. The molecule has 160 valence electrons. The Kier molecular flexibility index (Phi) is 5.81. The summed E-state index contributed by atoms with van der Waals surface area (Å²) in [7, 11) is -3.80. The van der Waals surface area contributed by atoms with Gasteiger partial charge in [-0.3, -0.25) is 10.1 Å². The largest absolute Gasteiger partial charge is 0.367 e. The number of aromatic nitrogens is 1. The predicted molar refractivity (Wildman–Crippen MR) is 115 cm³/mol. The van der Waals surface area contributed by atoms with E-state index < -0.39 is 14.9 Å². The number of hydrogen-bond acceptors (Lipinski definition) is 7. The Morgan fingerprint density at radius 3 is 2.23 bits per heavy atom. The second kappa shape index (κ2) is 8.37. The average Bonchev–Trinajstić information content (AvgIpc) is 3.30. The van der Waals surface area contributed by atoms with Crippen molar-refractivity contribution in [2.45, 2.75) is 17.7 Å². The van der Waals surface area contributed by atoms with E-state index in [2.05, 4.69) is 9.88 Å². The summed E-state index contributed by atoms with van der Waals surface area (Å²) in [6.07, 6.45) is 3.20. The van der Waals surface area contributed by atoms with E-state index in [-0.39, 0.29) is 10.6 Å². The van der Waals surface area contributed by atoms with Gasteiger partial charge < -0.3 is 9.80 Å². The molecule has 0 radical (unpaired) electrons. The number of nitrogens with zero attached hydrogens (tertiary/aromatic N) is 5. The first kappa shape index (κ1) is 20.8. The Hall–Kier alpha value is -2.43. The molecule has 2 aliphatic rings. The molecule has 2 aliphatic heterocycles. The summed E-state index contributed by atoms with van der Waals surface area (Å²) < 4.78 is 27.9. The second-order valence-electron chi connectivity index (χ2n) is 7.33. The molecular weight excluding hydrogens is 430 g/mol. The van der Waals surface area contributed by atoms with Crippen molar-refractivity contribution < 1.29 is 13.3 Å². The Labute approximate surface area is 180 Å². The lowest BCUT2D eigenvalue weighted by atomic mass is 10.2. The summed E-state index contributed by atoms with van der Waals surface area (Å²) in [5.74, 6) is 0.813. The van der Waals surface area contributed by atoms with Gasteiger partial charge in [-0.05, 0) is 31.0 Å². The van der Waals surface area contributed by atoms with E-state index in [1.165, 1.54) is 16.4 Å². The summed E-state index contributed by atoms with van der Waals surface area (Å²) >= 11 is 5.90. The van der Waals surface area contributed by atoms with E-state index in [9.17, 15) is 18.5 Å². The standard InChI is InChI=1S/C19H22ClN5O4S/c20-15-3-6-19(21-14-15)23-11-9-22(10-12-23)17-5-4-16(25(26)27)13-18(17)30(28,29)24-7-1-2-8-24/h3-6,13-14H,1-2,7-12H2. The highest BCUT2D eigenvalue weighted by atomic mass is 35.5. The van der Waals surface area contributed by atoms with Crippen molar-refractivity contribution in [1.82, 2.24) is 9.29 Å². The molecule has 0 bridgehead atoms. The lowest BCUT2D eigenvalue weighted by Crippen LogP contribution is -2.47. The van der Waals surface area contributed by atoms with Crippen molar-refractivity contribution in [3.05, 3.63) is 51.7 Å². The van der Waals surface area contributed by atoms with Gasteiger partial charge in [0.2, 0.25) is 10.0 Å². The zero-order valence-electron chi connectivity index (χ0n) is 16.3. The van der Waals surface area contributed by atoms with Crippen LogP contribution in [0.4, 0.5) is 17.2 Å². The molecule has 0 saturated carbocycles. The number of sulfonamides is 1. The van der Waals surface area contributed by atoms with Crippen molar-refractivity contribution >= 4 is 38.8 Å². The van der Waals surface area contributed by atoms with Gasteiger partial charge in [0.1, 0.15) is 10.7 Å². The number of nitro groups is 1.